The highest BCUT2D eigenvalue weighted by atomic mass is 32.1. The maximum Gasteiger partial charge on any atom is 0.106 e. The molecule has 3 nitrogen and oxygen atoms in total. The molecule has 0 amide bonds. The van der Waals surface area contributed by atoms with E-state index < -0.39 is 0 Å². The molecule has 4 heteroatoms. The van der Waals surface area contributed by atoms with E-state index in [1.165, 1.54) is 0 Å². The van der Waals surface area contributed by atoms with E-state index in [-0.39, 0.29) is 0 Å². The smallest absolute Gasteiger partial charge is 0.106 e. The lowest BCUT2D eigenvalue weighted by molar-refractivity contribution is 1.01. The molecular weight excluding hydrogens is 242 g/mol. The number of pyridine rings is 1. The van der Waals surface area contributed by atoms with Gasteiger partial charge in [-0.25, -0.2) is 0 Å². The van der Waals surface area contributed by atoms with E-state index in [9.17, 15) is 0 Å². The lowest BCUT2D eigenvalue weighted by Gasteiger charge is -2.10. The first-order valence-electron chi connectivity index (χ1n) is 5.72. The molecule has 0 saturated heterocycles. The Balaban J connectivity index is 2.13. The fourth-order valence-electron chi connectivity index (χ4n) is 1.74. The minimum atomic E-state index is 0.398. The molecule has 1 aromatic heterocycles. The fourth-order valence-corrected chi connectivity index (χ4v) is 1.91. The van der Waals surface area contributed by atoms with Crippen molar-refractivity contribution in [2.75, 3.05) is 5.32 Å². The number of thiocarbonyl (C=S) groups is 1. The van der Waals surface area contributed by atoms with Gasteiger partial charge in [0.15, 0.2) is 0 Å². The summed E-state index contributed by atoms with van der Waals surface area (Å²) in [6.45, 7) is 2.63. The van der Waals surface area contributed by atoms with Gasteiger partial charge >= 0.3 is 0 Å². The monoisotopic (exact) mass is 257 g/mol. The molecule has 2 rings (SSSR count). The molecular formula is C14H15N3S. The zero-order chi connectivity index (χ0) is 13.0. The van der Waals surface area contributed by atoms with E-state index >= 15 is 0 Å². The van der Waals surface area contributed by atoms with Crippen LogP contribution in [0.1, 0.15) is 17.0 Å². The number of rotatable bonds is 4. The molecule has 0 unspecified atom stereocenters. The Morgan fingerprint density at radius 3 is 2.72 bits per heavy atom. The van der Waals surface area contributed by atoms with Crippen LogP contribution in [0.15, 0.2) is 42.5 Å². The van der Waals surface area contributed by atoms with E-state index in [0.717, 1.165) is 22.6 Å². The number of aromatic nitrogens is 1. The minimum Gasteiger partial charge on any atom is -0.389 e. The van der Waals surface area contributed by atoms with Crippen molar-refractivity contribution >= 4 is 22.9 Å². The minimum absolute atomic E-state index is 0.398. The number of anilines is 1. The van der Waals surface area contributed by atoms with E-state index in [1.54, 1.807) is 0 Å². The van der Waals surface area contributed by atoms with Gasteiger partial charge in [0.25, 0.3) is 0 Å². The van der Waals surface area contributed by atoms with Crippen LogP contribution in [-0.2, 0) is 6.54 Å². The lowest BCUT2D eigenvalue weighted by Crippen LogP contribution is -2.13. The predicted molar refractivity (Wildman–Crippen MR) is 78.6 cm³/mol. The molecule has 18 heavy (non-hydrogen) atoms. The summed E-state index contributed by atoms with van der Waals surface area (Å²) in [4.78, 5) is 4.83. The predicted octanol–water partition coefficient (Wildman–Crippen LogP) is 2.64. The summed E-state index contributed by atoms with van der Waals surface area (Å²) in [6.07, 6.45) is 0. The highest BCUT2D eigenvalue weighted by Gasteiger charge is 2.03. The molecule has 0 radical (unpaired) electrons. The van der Waals surface area contributed by atoms with E-state index in [4.69, 9.17) is 18.0 Å². The van der Waals surface area contributed by atoms with Gasteiger partial charge in [-0.2, -0.15) is 0 Å². The summed E-state index contributed by atoms with van der Waals surface area (Å²) < 4.78 is 0. The van der Waals surface area contributed by atoms with Gasteiger partial charge in [0.1, 0.15) is 4.99 Å². The molecule has 1 heterocycles. The second-order valence-corrected chi connectivity index (χ2v) is 4.47. The maximum absolute atomic E-state index is 5.68. The highest BCUT2D eigenvalue weighted by molar-refractivity contribution is 7.80. The van der Waals surface area contributed by atoms with Gasteiger partial charge in [-0.15, -0.1) is 0 Å². The van der Waals surface area contributed by atoms with Crippen LogP contribution >= 0.6 is 12.2 Å². The average Bonchev–Trinajstić information content (AvgIpc) is 2.37. The molecule has 1 aromatic carbocycles. The van der Waals surface area contributed by atoms with E-state index in [1.807, 2.05) is 49.4 Å². The van der Waals surface area contributed by atoms with Crippen LogP contribution in [0.4, 0.5) is 5.69 Å². The molecule has 0 saturated carbocycles. The lowest BCUT2D eigenvalue weighted by atomic mass is 10.1. The first kappa shape index (κ1) is 12.5. The number of para-hydroxylation sites is 1. The maximum atomic E-state index is 5.68. The van der Waals surface area contributed by atoms with Crippen molar-refractivity contribution in [2.24, 2.45) is 5.73 Å². The van der Waals surface area contributed by atoms with Crippen LogP contribution in [0.25, 0.3) is 0 Å². The molecule has 0 aliphatic rings. The van der Waals surface area contributed by atoms with Crippen LogP contribution < -0.4 is 11.1 Å². The topological polar surface area (TPSA) is 50.9 Å². The number of benzene rings is 1. The Morgan fingerprint density at radius 1 is 1.22 bits per heavy atom. The Bertz CT molecular complexity index is 566. The Labute approximate surface area is 112 Å². The van der Waals surface area contributed by atoms with Crippen LogP contribution in [0.2, 0.25) is 0 Å². The SMILES string of the molecule is Cc1cccc(CNc2ccccc2C(N)=S)n1. The first-order chi connectivity index (χ1) is 8.66. The summed E-state index contributed by atoms with van der Waals surface area (Å²) in [5.74, 6) is 0. The molecule has 0 bridgehead atoms. The number of aryl methyl sites for hydroxylation is 1. The number of nitrogens with two attached hydrogens (primary N) is 1. The Kier molecular flexibility index (Phi) is 3.89. The van der Waals surface area contributed by atoms with E-state index in [2.05, 4.69) is 10.3 Å². The highest BCUT2D eigenvalue weighted by Crippen LogP contribution is 2.15. The van der Waals surface area contributed by atoms with Crippen LogP contribution in [0.5, 0.6) is 0 Å². The van der Waals surface area contributed by atoms with Crippen molar-refractivity contribution in [3.05, 3.63) is 59.4 Å². The quantitative estimate of drug-likeness (QED) is 0.827. The average molecular weight is 257 g/mol. The van der Waals surface area contributed by atoms with Crippen molar-refractivity contribution in [2.45, 2.75) is 13.5 Å². The largest absolute Gasteiger partial charge is 0.389 e. The number of hydrogen-bond acceptors (Lipinski definition) is 3. The van der Waals surface area contributed by atoms with Crippen LogP contribution in [0, 0.1) is 6.92 Å². The van der Waals surface area contributed by atoms with Crippen molar-refractivity contribution in [3.8, 4) is 0 Å². The third kappa shape index (κ3) is 3.05. The second-order valence-electron chi connectivity index (χ2n) is 4.03. The van der Waals surface area contributed by atoms with Crippen molar-refractivity contribution in [1.82, 2.24) is 4.98 Å². The van der Waals surface area contributed by atoms with Gasteiger partial charge in [-0.05, 0) is 31.2 Å². The third-order valence-corrected chi connectivity index (χ3v) is 2.82. The molecule has 0 fully saturated rings. The number of nitrogens with one attached hydrogen (secondary N) is 1. The molecule has 0 aliphatic heterocycles. The standard InChI is InChI=1S/C14H15N3S/c1-10-5-4-6-11(17-10)9-16-13-8-3-2-7-12(13)14(15)18/h2-8,16H,9H2,1H3,(H2,15,18). The first-order valence-corrected chi connectivity index (χ1v) is 6.13. The Morgan fingerprint density at radius 2 is 2.00 bits per heavy atom. The summed E-state index contributed by atoms with van der Waals surface area (Å²) in [5.41, 5.74) is 9.49. The third-order valence-electron chi connectivity index (χ3n) is 2.60. The Hall–Kier alpha value is -1.94. The van der Waals surface area contributed by atoms with Crippen molar-refractivity contribution in [3.63, 3.8) is 0 Å². The summed E-state index contributed by atoms with van der Waals surface area (Å²) in [5, 5.41) is 3.31. The molecule has 92 valence electrons. The summed E-state index contributed by atoms with van der Waals surface area (Å²) >= 11 is 5.02. The number of nitrogens with zero attached hydrogens (tertiary/aromatic N) is 1. The van der Waals surface area contributed by atoms with Crippen LogP contribution in [-0.4, -0.2) is 9.97 Å². The van der Waals surface area contributed by atoms with Gasteiger partial charge in [0, 0.05) is 16.9 Å². The fraction of sp³-hybridized carbons (Fsp3) is 0.143. The van der Waals surface area contributed by atoms with Crippen molar-refractivity contribution in [1.29, 1.82) is 0 Å². The zero-order valence-corrected chi connectivity index (χ0v) is 11.0. The van der Waals surface area contributed by atoms with Gasteiger partial charge in [-0.1, -0.05) is 30.4 Å². The van der Waals surface area contributed by atoms with Crippen molar-refractivity contribution < 1.29 is 0 Å². The number of hydrogen-bond donors (Lipinski definition) is 2. The summed E-state index contributed by atoms with van der Waals surface area (Å²) in [7, 11) is 0. The molecule has 0 spiro atoms. The molecule has 3 N–H and O–H groups in total. The normalized spacial score (nSPS) is 10.1. The molecule has 0 atom stereocenters. The van der Waals surface area contributed by atoms with Gasteiger partial charge in [0.2, 0.25) is 0 Å². The molecule has 2 aromatic rings. The zero-order valence-electron chi connectivity index (χ0n) is 10.2. The van der Waals surface area contributed by atoms with Gasteiger partial charge < -0.3 is 11.1 Å². The van der Waals surface area contributed by atoms with Crippen LogP contribution in [0.3, 0.4) is 0 Å². The van der Waals surface area contributed by atoms with Gasteiger partial charge in [0.05, 0.1) is 12.2 Å². The second kappa shape index (κ2) is 5.60. The molecule has 0 aliphatic carbocycles. The van der Waals surface area contributed by atoms with E-state index in [0.29, 0.717) is 11.5 Å². The summed E-state index contributed by atoms with van der Waals surface area (Å²) in [6, 6.07) is 13.7. The van der Waals surface area contributed by atoms with Gasteiger partial charge in [-0.3, -0.25) is 4.98 Å².